The van der Waals surface area contributed by atoms with Crippen molar-refractivity contribution in [1.29, 1.82) is 0 Å². The first-order valence-corrected chi connectivity index (χ1v) is 10.5. The molecule has 31 heavy (non-hydrogen) atoms. The average Bonchev–Trinajstić information content (AvgIpc) is 3.26. The van der Waals surface area contributed by atoms with Crippen molar-refractivity contribution in [2.24, 2.45) is 10.9 Å². The summed E-state index contributed by atoms with van der Waals surface area (Å²) in [5.41, 5.74) is 0.742. The second kappa shape index (κ2) is 10.9. The third kappa shape index (κ3) is 5.75. The summed E-state index contributed by atoms with van der Waals surface area (Å²) >= 11 is 0. The van der Waals surface area contributed by atoms with E-state index in [9.17, 15) is 8.78 Å². The van der Waals surface area contributed by atoms with Crippen molar-refractivity contribution >= 4 is 41.4 Å². The zero-order valence-electron chi connectivity index (χ0n) is 17.7. The summed E-state index contributed by atoms with van der Waals surface area (Å²) in [7, 11) is 1.82. The molecule has 0 bridgehead atoms. The van der Waals surface area contributed by atoms with Crippen LogP contribution in [0.5, 0.6) is 0 Å². The molecule has 2 aliphatic heterocycles. The average molecular weight is 542 g/mol. The maximum atomic E-state index is 13.5. The first-order valence-electron chi connectivity index (χ1n) is 10.5. The Morgan fingerprint density at radius 3 is 2.55 bits per heavy atom. The Labute approximate surface area is 199 Å². The van der Waals surface area contributed by atoms with Gasteiger partial charge in [0.1, 0.15) is 5.82 Å². The number of hydrogen-bond acceptors (Lipinski definition) is 4. The van der Waals surface area contributed by atoms with E-state index in [2.05, 4.69) is 30.0 Å². The third-order valence-corrected chi connectivity index (χ3v) is 5.87. The third-order valence-electron chi connectivity index (χ3n) is 5.87. The van der Waals surface area contributed by atoms with E-state index in [-0.39, 0.29) is 24.0 Å². The summed E-state index contributed by atoms with van der Waals surface area (Å²) in [6, 6.07) is 10.1. The zero-order chi connectivity index (χ0) is 20.9. The van der Waals surface area contributed by atoms with Crippen LogP contribution in [0.3, 0.4) is 0 Å². The minimum absolute atomic E-state index is 0. The number of hydrogen-bond donors (Lipinski definition) is 1. The number of nitrogens with zero attached hydrogens (tertiary/aromatic N) is 5. The molecule has 0 aliphatic carbocycles. The van der Waals surface area contributed by atoms with Gasteiger partial charge in [-0.25, -0.2) is 13.8 Å². The number of rotatable bonds is 4. The van der Waals surface area contributed by atoms with Crippen molar-refractivity contribution in [3.63, 3.8) is 0 Å². The minimum Gasteiger partial charge on any atom is -0.371 e. The van der Waals surface area contributed by atoms with Gasteiger partial charge in [0.2, 0.25) is 0 Å². The summed E-state index contributed by atoms with van der Waals surface area (Å²) in [5, 5.41) is 3.51. The lowest BCUT2D eigenvalue weighted by Crippen LogP contribution is -2.53. The van der Waals surface area contributed by atoms with Crippen molar-refractivity contribution < 1.29 is 8.78 Å². The van der Waals surface area contributed by atoms with Gasteiger partial charge in [-0.3, -0.25) is 4.99 Å². The van der Waals surface area contributed by atoms with Crippen LogP contribution in [-0.2, 0) is 0 Å². The topological polar surface area (TPSA) is 47.0 Å². The number of anilines is 2. The number of piperazine rings is 1. The number of guanidine groups is 1. The van der Waals surface area contributed by atoms with Gasteiger partial charge in [-0.1, -0.05) is 6.07 Å². The molecule has 2 saturated heterocycles. The van der Waals surface area contributed by atoms with Gasteiger partial charge in [-0.05, 0) is 36.6 Å². The van der Waals surface area contributed by atoms with Crippen LogP contribution >= 0.6 is 24.0 Å². The maximum Gasteiger partial charge on any atom is 0.193 e. The van der Waals surface area contributed by atoms with Crippen LogP contribution in [0.2, 0.25) is 0 Å². The molecule has 9 heteroatoms. The van der Waals surface area contributed by atoms with Gasteiger partial charge in [0.25, 0.3) is 0 Å². The highest BCUT2D eigenvalue weighted by Gasteiger charge is 2.25. The molecule has 0 saturated carbocycles. The van der Waals surface area contributed by atoms with E-state index in [0.717, 1.165) is 69.7 Å². The van der Waals surface area contributed by atoms with Gasteiger partial charge in [-0.15, -0.1) is 24.0 Å². The molecule has 2 aliphatic rings. The molecule has 0 amide bonds. The lowest BCUT2D eigenvalue weighted by Gasteiger charge is -2.37. The molecule has 2 aromatic rings. The Morgan fingerprint density at radius 2 is 1.87 bits per heavy atom. The molecule has 1 N–H and O–H groups in total. The van der Waals surface area contributed by atoms with Crippen LogP contribution in [0.1, 0.15) is 6.42 Å². The molecular formula is C22H29F2IN6. The number of aromatic nitrogens is 1. The Bertz CT molecular complexity index is 874. The van der Waals surface area contributed by atoms with Crippen LogP contribution in [0.25, 0.3) is 0 Å². The van der Waals surface area contributed by atoms with E-state index in [0.29, 0.717) is 5.92 Å². The van der Waals surface area contributed by atoms with Crippen LogP contribution in [0, 0.1) is 17.6 Å². The molecule has 1 unspecified atom stereocenters. The van der Waals surface area contributed by atoms with Crippen LogP contribution in [0.4, 0.5) is 20.3 Å². The second-order valence-corrected chi connectivity index (χ2v) is 7.79. The van der Waals surface area contributed by atoms with Gasteiger partial charge in [0.15, 0.2) is 17.6 Å². The van der Waals surface area contributed by atoms with Crippen molar-refractivity contribution in [2.75, 3.05) is 62.7 Å². The largest absolute Gasteiger partial charge is 0.371 e. The Hall–Kier alpha value is -2.17. The van der Waals surface area contributed by atoms with Crippen molar-refractivity contribution in [2.45, 2.75) is 6.42 Å². The van der Waals surface area contributed by atoms with E-state index in [1.54, 1.807) is 6.07 Å². The van der Waals surface area contributed by atoms with Crippen LogP contribution in [-0.4, -0.2) is 68.7 Å². The first kappa shape index (κ1) is 23.5. The fraction of sp³-hybridized carbons (Fsp3) is 0.455. The molecule has 2 fully saturated rings. The number of benzene rings is 1. The van der Waals surface area contributed by atoms with Gasteiger partial charge in [0, 0.05) is 70.8 Å². The van der Waals surface area contributed by atoms with E-state index < -0.39 is 11.6 Å². The lowest BCUT2D eigenvalue weighted by atomic mass is 10.1. The zero-order valence-corrected chi connectivity index (χ0v) is 20.0. The molecule has 0 radical (unpaired) electrons. The molecule has 3 heterocycles. The van der Waals surface area contributed by atoms with E-state index in [1.807, 2.05) is 31.4 Å². The Balaban J connectivity index is 0.00000272. The monoisotopic (exact) mass is 542 g/mol. The molecule has 1 aromatic heterocycles. The molecule has 1 atom stereocenters. The van der Waals surface area contributed by atoms with Gasteiger partial charge < -0.3 is 20.0 Å². The molecular weight excluding hydrogens is 513 g/mol. The predicted octanol–water partition coefficient (Wildman–Crippen LogP) is 3.20. The van der Waals surface area contributed by atoms with Gasteiger partial charge in [-0.2, -0.15) is 0 Å². The highest BCUT2D eigenvalue weighted by Crippen LogP contribution is 2.25. The van der Waals surface area contributed by atoms with E-state index in [1.165, 1.54) is 12.1 Å². The fourth-order valence-corrected chi connectivity index (χ4v) is 4.17. The molecule has 4 rings (SSSR count). The standard InChI is InChI=1S/C22H28F2N6.HI/c1-25-22(29-12-10-28(11-13-29)21-4-2-3-8-26-21)27-15-17-7-9-30(16-17)18-5-6-19(23)20(24)14-18;/h2-6,8,14,17H,7,9-13,15-16H2,1H3,(H,25,27);1H. The number of pyridine rings is 1. The van der Waals surface area contributed by atoms with Gasteiger partial charge in [0.05, 0.1) is 0 Å². The highest BCUT2D eigenvalue weighted by molar-refractivity contribution is 14.0. The number of aliphatic imine (C=N–C) groups is 1. The number of nitrogens with one attached hydrogen (secondary N) is 1. The minimum atomic E-state index is -0.803. The fourth-order valence-electron chi connectivity index (χ4n) is 4.17. The lowest BCUT2D eigenvalue weighted by molar-refractivity contribution is 0.368. The van der Waals surface area contributed by atoms with Crippen LogP contribution < -0.4 is 15.1 Å². The highest BCUT2D eigenvalue weighted by atomic mass is 127. The van der Waals surface area contributed by atoms with Crippen molar-refractivity contribution in [3.05, 3.63) is 54.2 Å². The predicted molar refractivity (Wildman–Crippen MR) is 131 cm³/mol. The molecule has 1 aromatic carbocycles. The summed E-state index contributed by atoms with van der Waals surface area (Å²) in [6.07, 6.45) is 2.84. The Morgan fingerprint density at radius 1 is 1.06 bits per heavy atom. The smallest absolute Gasteiger partial charge is 0.193 e. The first-order chi connectivity index (χ1) is 14.6. The van der Waals surface area contributed by atoms with Crippen molar-refractivity contribution in [3.8, 4) is 0 Å². The second-order valence-electron chi connectivity index (χ2n) is 7.79. The molecule has 168 valence electrons. The van der Waals surface area contributed by atoms with Crippen molar-refractivity contribution in [1.82, 2.24) is 15.2 Å². The molecule has 0 spiro atoms. The summed E-state index contributed by atoms with van der Waals surface area (Å²) in [5.74, 6) is 0.775. The Kier molecular flexibility index (Phi) is 8.28. The summed E-state index contributed by atoms with van der Waals surface area (Å²) in [4.78, 5) is 15.6. The maximum absolute atomic E-state index is 13.5. The molecule has 6 nitrogen and oxygen atoms in total. The van der Waals surface area contributed by atoms with E-state index >= 15 is 0 Å². The SMILES string of the molecule is CN=C(NCC1CCN(c2ccc(F)c(F)c2)C1)N1CCN(c2ccccn2)CC1.I. The quantitative estimate of drug-likeness (QED) is 0.366. The number of halogens is 3. The van der Waals surface area contributed by atoms with E-state index in [4.69, 9.17) is 0 Å². The van der Waals surface area contributed by atoms with Crippen LogP contribution in [0.15, 0.2) is 47.6 Å². The normalized spacial score (nSPS) is 19.4. The summed E-state index contributed by atoms with van der Waals surface area (Å²) in [6.45, 7) is 6.08. The van der Waals surface area contributed by atoms with Gasteiger partial charge >= 0.3 is 0 Å². The summed E-state index contributed by atoms with van der Waals surface area (Å²) < 4.78 is 26.7.